The summed E-state index contributed by atoms with van der Waals surface area (Å²) in [7, 11) is 1.60. The van der Waals surface area contributed by atoms with Gasteiger partial charge in [0.1, 0.15) is 5.75 Å². The SMILES string of the molecule is CCN(CC)C(=O)COc1cc2c(cc1OC)-c1[nH]nc(-c3ccc(-c4ccc(O)cc4)cc3)c1C2. The molecule has 1 heterocycles. The highest BCUT2D eigenvalue weighted by molar-refractivity contribution is 5.83. The van der Waals surface area contributed by atoms with Crippen LogP contribution in [0.5, 0.6) is 17.2 Å². The number of ether oxygens (including phenoxy) is 2. The van der Waals surface area contributed by atoms with E-state index in [2.05, 4.69) is 34.5 Å². The molecule has 7 nitrogen and oxygen atoms in total. The summed E-state index contributed by atoms with van der Waals surface area (Å²) < 4.78 is 11.5. The predicted octanol–water partition coefficient (Wildman–Crippen LogP) is 5.28. The largest absolute Gasteiger partial charge is 0.508 e. The van der Waals surface area contributed by atoms with Crippen molar-refractivity contribution in [2.75, 3.05) is 26.8 Å². The molecular weight excluding hydrogens is 454 g/mol. The molecule has 2 N–H and O–H groups in total. The molecule has 5 rings (SSSR count). The number of nitrogens with one attached hydrogen (secondary N) is 1. The van der Waals surface area contributed by atoms with Gasteiger partial charge in [0.2, 0.25) is 0 Å². The van der Waals surface area contributed by atoms with Gasteiger partial charge in [0.25, 0.3) is 5.91 Å². The summed E-state index contributed by atoms with van der Waals surface area (Å²) in [5.41, 5.74) is 8.29. The number of aromatic amines is 1. The molecule has 3 aromatic carbocycles. The molecule has 1 aliphatic carbocycles. The summed E-state index contributed by atoms with van der Waals surface area (Å²) in [5, 5.41) is 17.4. The summed E-state index contributed by atoms with van der Waals surface area (Å²) in [6.07, 6.45) is 0.709. The van der Waals surface area contributed by atoms with E-state index in [0.717, 1.165) is 44.8 Å². The molecule has 0 atom stereocenters. The van der Waals surface area contributed by atoms with E-state index in [9.17, 15) is 9.90 Å². The predicted molar refractivity (Wildman–Crippen MR) is 139 cm³/mol. The van der Waals surface area contributed by atoms with Crippen LogP contribution in [0.15, 0.2) is 60.7 Å². The van der Waals surface area contributed by atoms with Gasteiger partial charge in [-0.05, 0) is 54.8 Å². The fraction of sp³-hybridized carbons (Fsp3) is 0.241. The molecule has 36 heavy (non-hydrogen) atoms. The van der Waals surface area contributed by atoms with Gasteiger partial charge in [0.05, 0.1) is 18.5 Å². The molecule has 0 saturated heterocycles. The Hall–Kier alpha value is -4.26. The van der Waals surface area contributed by atoms with Gasteiger partial charge in [-0.25, -0.2) is 0 Å². The van der Waals surface area contributed by atoms with E-state index in [4.69, 9.17) is 9.47 Å². The number of amides is 1. The Morgan fingerprint density at radius 3 is 2.25 bits per heavy atom. The van der Waals surface area contributed by atoms with Crippen molar-refractivity contribution in [2.45, 2.75) is 20.3 Å². The Labute approximate surface area is 210 Å². The van der Waals surface area contributed by atoms with Crippen LogP contribution < -0.4 is 9.47 Å². The highest BCUT2D eigenvalue weighted by atomic mass is 16.5. The number of hydrogen-bond acceptors (Lipinski definition) is 5. The lowest BCUT2D eigenvalue weighted by Crippen LogP contribution is -2.34. The quantitative estimate of drug-likeness (QED) is 0.314. The number of likely N-dealkylation sites (N-methyl/N-ethyl adjacent to an activating group) is 1. The summed E-state index contributed by atoms with van der Waals surface area (Å²) in [4.78, 5) is 14.2. The molecule has 1 aromatic heterocycles. The van der Waals surface area contributed by atoms with Gasteiger partial charge in [-0.2, -0.15) is 5.10 Å². The highest BCUT2D eigenvalue weighted by Gasteiger charge is 2.27. The molecule has 0 fully saturated rings. The number of benzene rings is 3. The first-order valence-electron chi connectivity index (χ1n) is 12.1. The van der Waals surface area contributed by atoms with Gasteiger partial charge in [-0.15, -0.1) is 0 Å². The average molecular weight is 484 g/mol. The number of hydrogen-bond donors (Lipinski definition) is 2. The minimum absolute atomic E-state index is 0.0255. The van der Waals surface area contributed by atoms with Gasteiger partial charge < -0.3 is 19.5 Å². The Kier molecular flexibility index (Phi) is 6.38. The molecule has 1 aliphatic rings. The van der Waals surface area contributed by atoms with Crippen LogP contribution in [0.2, 0.25) is 0 Å². The van der Waals surface area contributed by atoms with E-state index in [0.29, 0.717) is 31.0 Å². The smallest absolute Gasteiger partial charge is 0.260 e. The van der Waals surface area contributed by atoms with Crippen LogP contribution in [-0.4, -0.2) is 52.9 Å². The molecule has 0 unspecified atom stereocenters. The van der Waals surface area contributed by atoms with Crippen LogP contribution in [0.4, 0.5) is 0 Å². The maximum absolute atomic E-state index is 12.4. The molecule has 0 aliphatic heterocycles. The Morgan fingerprint density at radius 1 is 0.972 bits per heavy atom. The van der Waals surface area contributed by atoms with Gasteiger partial charge >= 0.3 is 0 Å². The number of nitrogens with zero attached hydrogens (tertiary/aromatic N) is 2. The number of carbonyl (C=O) groups is 1. The minimum atomic E-state index is -0.0463. The van der Waals surface area contributed by atoms with Crippen molar-refractivity contribution in [1.29, 1.82) is 0 Å². The van der Waals surface area contributed by atoms with Gasteiger partial charge in [-0.1, -0.05) is 36.4 Å². The number of fused-ring (bicyclic) bond motifs is 3. The van der Waals surface area contributed by atoms with E-state index >= 15 is 0 Å². The number of carbonyl (C=O) groups excluding carboxylic acids is 1. The number of aromatic hydroxyl groups is 1. The number of rotatable bonds is 8. The Bertz CT molecular complexity index is 1390. The van der Waals surface area contributed by atoms with E-state index in [-0.39, 0.29) is 18.3 Å². The minimum Gasteiger partial charge on any atom is -0.508 e. The van der Waals surface area contributed by atoms with Crippen molar-refractivity contribution in [1.82, 2.24) is 15.1 Å². The summed E-state index contributed by atoms with van der Waals surface area (Å²) >= 11 is 0. The third-order valence-corrected chi connectivity index (χ3v) is 6.72. The van der Waals surface area contributed by atoms with E-state index in [1.54, 1.807) is 24.1 Å². The fourth-order valence-corrected chi connectivity index (χ4v) is 4.72. The van der Waals surface area contributed by atoms with Crippen LogP contribution >= 0.6 is 0 Å². The van der Waals surface area contributed by atoms with Crippen molar-refractivity contribution in [3.8, 4) is 50.9 Å². The topological polar surface area (TPSA) is 87.7 Å². The number of H-pyrrole nitrogens is 1. The molecular formula is C29H29N3O4. The Morgan fingerprint density at radius 2 is 1.61 bits per heavy atom. The Balaban J connectivity index is 1.39. The third-order valence-electron chi connectivity index (χ3n) is 6.72. The standard InChI is InChI=1S/C29H29N3O4/c1-4-32(5-2)27(34)17-36-26-15-21-14-24-28(30-31-29(24)23(21)16-25(26)35-3)20-8-6-18(7-9-20)19-10-12-22(33)13-11-19/h6-13,15-16,33H,4-5,14,17H2,1-3H3,(H,30,31). The number of aromatic nitrogens is 2. The van der Waals surface area contributed by atoms with Gasteiger partial charge in [0.15, 0.2) is 18.1 Å². The lowest BCUT2D eigenvalue weighted by Gasteiger charge is -2.19. The first kappa shape index (κ1) is 23.5. The average Bonchev–Trinajstić information content (AvgIpc) is 3.47. The fourth-order valence-electron chi connectivity index (χ4n) is 4.72. The van der Waals surface area contributed by atoms with Crippen molar-refractivity contribution in [2.24, 2.45) is 0 Å². The zero-order valence-corrected chi connectivity index (χ0v) is 20.7. The first-order chi connectivity index (χ1) is 17.5. The van der Waals surface area contributed by atoms with E-state index in [1.807, 2.05) is 38.1 Å². The summed E-state index contributed by atoms with van der Waals surface area (Å²) in [6.45, 7) is 5.19. The second kappa shape index (κ2) is 9.77. The maximum Gasteiger partial charge on any atom is 0.260 e. The molecule has 4 aromatic rings. The molecule has 0 bridgehead atoms. The van der Waals surface area contributed by atoms with Crippen molar-refractivity contribution < 1.29 is 19.4 Å². The van der Waals surface area contributed by atoms with Crippen LogP contribution in [0, 0.1) is 0 Å². The molecule has 0 radical (unpaired) electrons. The lowest BCUT2D eigenvalue weighted by atomic mass is 10.0. The van der Waals surface area contributed by atoms with Gasteiger partial charge in [-0.3, -0.25) is 9.89 Å². The van der Waals surface area contributed by atoms with Crippen molar-refractivity contribution >= 4 is 5.91 Å². The van der Waals surface area contributed by atoms with Crippen LogP contribution in [0.3, 0.4) is 0 Å². The number of phenols is 1. The molecule has 1 amide bonds. The highest BCUT2D eigenvalue weighted by Crippen LogP contribution is 2.45. The van der Waals surface area contributed by atoms with Crippen molar-refractivity contribution in [3.63, 3.8) is 0 Å². The molecule has 184 valence electrons. The molecule has 0 saturated carbocycles. The van der Waals surface area contributed by atoms with E-state index in [1.165, 1.54) is 0 Å². The summed E-state index contributed by atoms with van der Waals surface area (Å²) in [6, 6.07) is 19.3. The summed E-state index contributed by atoms with van der Waals surface area (Å²) in [5.74, 6) is 1.36. The second-order valence-corrected chi connectivity index (χ2v) is 8.74. The first-order valence-corrected chi connectivity index (χ1v) is 12.1. The lowest BCUT2D eigenvalue weighted by molar-refractivity contribution is -0.132. The molecule has 0 spiro atoms. The zero-order chi connectivity index (χ0) is 25.2. The monoisotopic (exact) mass is 483 g/mol. The van der Waals surface area contributed by atoms with Crippen LogP contribution in [0.1, 0.15) is 25.0 Å². The van der Waals surface area contributed by atoms with E-state index < -0.39 is 0 Å². The van der Waals surface area contributed by atoms with Crippen LogP contribution in [-0.2, 0) is 11.2 Å². The number of methoxy groups -OCH3 is 1. The second-order valence-electron chi connectivity index (χ2n) is 8.74. The van der Waals surface area contributed by atoms with Crippen molar-refractivity contribution in [3.05, 3.63) is 71.8 Å². The normalized spacial score (nSPS) is 11.6. The molecule has 7 heteroatoms. The van der Waals surface area contributed by atoms with Gasteiger partial charge in [0, 0.05) is 36.2 Å². The van der Waals surface area contributed by atoms with Crippen LogP contribution in [0.25, 0.3) is 33.6 Å². The third kappa shape index (κ3) is 4.28. The maximum atomic E-state index is 12.4. The zero-order valence-electron chi connectivity index (χ0n) is 20.7. The number of phenolic OH excluding ortho intramolecular Hbond substituents is 1.